The Balaban J connectivity index is 2.44. The lowest BCUT2D eigenvalue weighted by Gasteiger charge is -2.30. The fraction of sp³-hybridized carbons (Fsp3) is 0.462. The molecule has 0 aliphatic carbocycles. The van der Waals surface area contributed by atoms with E-state index in [1.165, 1.54) is 4.90 Å². The predicted molar refractivity (Wildman–Crippen MR) is 71.8 cm³/mol. The molecule has 0 spiro atoms. The Kier molecular flexibility index (Phi) is 4.37. The number of likely N-dealkylation sites (N-methyl/N-ethyl adjacent to an activating group) is 1. The minimum absolute atomic E-state index is 0.0413. The fourth-order valence-corrected chi connectivity index (χ4v) is 2.55. The summed E-state index contributed by atoms with van der Waals surface area (Å²) in [6, 6.07) is 2.58. The zero-order valence-electron chi connectivity index (χ0n) is 11.4. The molecule has 21 heavy (non-hydrogen) atoms. The predicted octanol–water partition coefficient (Wildman–Crippen LogP) is 1.66. The zero-order chi connectivity index (χ0) is 15.6. The van der Waals surface area contributed by atoms with Gasteiger partial charge in [-0.2, -0.15) is 0 Å². The Morgan fingerprint density at radius 1 is 1.57 bits per heavy atom. The Morgan fingerprint density at radius 2 is 2.29 bits per heavy atom. The summed E-state index contributed by atoms with van der Waals surface area (Å²) in [6.07, 6.45) is 0. The van der Waals surface area contributed by atoms with E-state index in [-0.39, 0.29) is 24.6 Å². The van der Waals surface area contributed by atoms with Crippen LogP contribution in [0.15, 0.2) is 18.2 Å². The van der Waals surface area contributed by atoms with Gasteiger partial charge in [0.25, 0.3) is 5.69 Å². The van der Waals surface area contributed by atoms with Crippen LogP contribution in [0.5, 0.6) is 0 Å². The SMILES string of the molecule is CCN(c1cc(F)ccc1[N+](=O)[O-])C1COCC1C(=O)O. The van der Waals surface area contributed by atoms with E-state index in [1.807, 2.05) is 0 Å². The third-order valence-electron chi connectivity index (χ3n) is 3.55. The van der Waals surface area contributed by atoms with E-state index in [4.69, 9.17) is 4.74 Å². The van der Waals surface area contributed by atoms with Crippen molar-refractivity contribution < 1.29 is 24.0 Å². The quantitative estimate of drug-likeness (QED) is 0.656. The van der Waals surface area contributed by atoms with E-state index in [0.717, 1.165) is 18.2 Å². The molecule has 0 radical (unpaired) electrons. The number of carbonyl (C=O) groups is 1. The monoisotopic (exact) mass is 298 g/mol. The molecule has 0 amide bonds. The van der Waals surface area contributed by atoms with Gasteiger partial charge >= 0.3 is 5.97 Å². The van der Waals surface area contributed by atoms with Gasteiger partial charge in [0.2, 0.25) is 0 Å². The Hall–Kier alpha value is -2.22. The number of carboxylic acids is 1. The number of nitro benzene ring substituents is 1. The van der Waals surface area contributed by atoms with Crippen molar-refractivity contribution in [2.75, 3.05) is 24.7 Å². The Labute approximate surface area is 120 Å². The van der Waals surface area contributed by atoms with Gasteiger partial charge in [0.1, 0.15) is 17.4 Å². The second-order valence-electron chi connectivity index (χ2n) is 4.73. The third kappa shape index (κ3) is 2.94. The van der Waals surface area contributed by atoms with Crippen LogP contribution in [0.2, 0.25) is 0 Å². The molecule has 1 heterocycles. The van der Waals surface area contributed by atoms with Crippen LogP contribution in [0.3, 0.4) is 0 Å². The van der Waals surface area contributed by atoms with Crippen LogP contribution in [0.25, 0.3) is 0 Å². The molecule has 114 valence electrons. The second-order valence-corrected chi connectivity index (χ2v) is 4.73. The lowest BCUT2D eigenvalue weighted by molar-refractivity contribution is -0.384. The van der Waals surface area contributed by atoms with Gasteiger partial charge in [0, 0.05) is 18.7 Å². The maximum absolute atomic E-state index is 13.5. The average molecular weight is 298 g/mol. The average Bonchev–Trinajstić information content (AvgIpc) is 2.89. The van der Waals surface area contributed by atoms with Crippen molar-refractivity contribution >= 4 is 17.3 Å². The molecule has 0 bridgehead atoms. The van der Waals surface area contributed by atoms with Crippen LogP contribution in [-0.4, -0.2) is 41.8 Å². The number of benzene rings is 1. The number of anilines is 1. The van der Waals surface area contributed by atoms with Crippen LogP contribution < -0.4 is 4.90 Å². The number of nitro groups is 1. The fourth-order valence-electron chi connectivity index (χ4n) is 2.55. The first-order valence-electron chi connectivity index (χ1n) is 6.46. The van der Waals surface area contributed by atoms with E-state index in [2.05, 4.69) is 0 Å². The van der Waals surface area contributed by atoms with Gasteiger partial charge in [-0.25, -0.2) is 4.39 Å². The number of rotatable bonds is 5. The van der Waals surface area contributed by atoms with Crippen molar-refractivity contribution in [3.8, 4) is 0 Å². The summed E-state index contributed by atoms with van der Waals surface area (Å²) in [4.78, 5) is 23.2. The summed E-state index contributed by atoms with van der Waals surface area (Å²) in [6.45, 7) is 2.21. The first-order chi connectivity index (χ1) is 9.95. The van der Waals surface area contributed by atoms with Gasteiger partial charge < -0.3 is 14.7 Å². The highest BCUT2D eigenvalue weighted by Crippen LogP contribution is 2.33. The van der Waals surface area contributed by atoms with Gasteiger partial charge in [-0.3, -0.25) is 14.9 Å². The molecule has 8 heteroatoms. The molecule has 1 fully saturated rings. The van der Waals surface area contributed by atoms with E-state index >= 15 is 0 Å². The zero-order valence-corrected chi connectivity index (χ0v) is 11.4. The van der Waals surface area contributed by atoms with Gasteiger partial charge in [0.05, 0.1) is 24.2 Å². The van der Waals surface area contributed by atoms with Crippen LogP contribution in [-0.2, 0) is 9.53 Å². The molecule has 1 saturated heterocycles. The molecule has 0 saturated carbocycles. The molecule has 1 aromatic rings. The number of hydrogen-bond acceptors (Lipinski definition) is 5. The van der Waals surface area contributed by atoms with Crippen molar-refractivity contribution in [1.29, 1.82) is 0 Å². The van der Waals surface area contributed by atoms with Gasteiger partial charge in [0.15, 0.2) is 0 Å². The smallest absolute Gasteiger partial charge is 0.311 e. The minimum Gasteiger partial charge on any atom is -0.481 e. The van der Waals surface area contributed by atoms with E-state index in [9.17, 15) is 24.4 Å². The van der Waals surface area contributed by atoms with E-state index in [0.29, 0.717) is 6.54 Å². The second kappa shape index (κ2) is 6.04. The van der Waals surface area contributed by atoms with Gasteiger partial charge in [-0.1, -0.05) is 0 Å². The van der Waals surface area contributed by atoms with Crippen molar-refractivity contribution in [3.05, 3.63) is 34.1 Å². The summed E-state index contributed by atoms with van der Waals surface area (Å²) in [5, 5.41) is 20.3. The van der Waals surface area contributed by atoms with Crippen molar-refractivity contribution in [1.82, 2.24) is 0 Å². The first kappa shape index (κ1) is 15.2. The number of aliphatic carboxylic acids is 1. The highest BCUT2D eigenvalue weighted by Gasteiger charge is 2.39. The summed E-state index contributed by atoms with van der Waals surface area (Å²) in [5.74, 6) is -2.44. The summed E-state index contributed by atoms with van der Waals surface area (Å²) >= 11 is 0. The molecule has 0 aromatic heterocycles. The number of carboxylic acid groups (broad SMARTS) is 1. The number of nitrogens with zero attached hydrogens (tertiary/aromatic N) is 2. The lowest BCUT2D eigenvalue weighted by Crippen LogP contribution is -2.43. The van der Waals surface area contributed by atoms with Crippen LogP contribution in [0.1, 0.15) is 6.92 Å². The highest BCUT2D eigenvalue weighted by atomic mass is 19.1. The van der Waals surface area contributed by atoms with Crippen LogP contribution in [0.4, 0.5) is 15.8 Å². The van der Waals surface area contributed by atoms with Crippen LogP contribution >= 0.6 is 0 Å². The summed E-state index contributed by atoms with van der Waals surface area (Å²) in [7, 11) is 0. The van der Waals surface area contributed by atoms with Crippen molar-refractivity contribution in [3.63, 3.8) is 0 Å². The van der Waals surface area contributed by atoms with Crippen molar-refractivity contribution in [2.24, 2.45) is 5.92 Å². The topological polar surface area (TPSA) is 92.9 Å². The summed E-state index contributed by atoms with van der Waals surface area (Å²) < 4.78 is 18.6. The van der Waals surface area contributed by atoms with Crippen molar-refractivity contribution in [2.45, 2.75) is 13.0 Å². The minimum atomic E-state index is -1.03. The molecule has 2 unspecified atom stereocenters. The number of hydrogen-bond donors (Lipinski definition) is 1. The number of halogens is 1. The standard InChI is InChI=1S/C13H15FN2O5/c1-2-15(12-7-21-6-9(12)13(17)18)11-5-8(14)3-4-10(11)16(19)20/h3-5,9,12H,2,6-7H2,1H3,(H,17,18). The molecule has 1 aromatic carbocycles. The third-order valence-corrected chi connectivity index (χ3v) is 3.55. The van der Waals surface area contributed by atoms with E-state index in [1.54, 1.807) is 6.92 Å². The molecular formula is C13H15FN2O5. The normalized spacial score (nSPS) is 21.2. The number of ether oxygens (including phenoxy) is 1. The lowest BCUT2D eigenvalue weighted by atomic mass is 10.0. The van der Waals surface area contributed by atoms with Crippen LogP contribution in [0, 0.1) is 21.8 Å². The molecular weight excluding hydrogens is 283 g/mol. The first-order valence-corrected chi connectivity index (χ1v) is 6.46. The molecule has 1 aliphatic rings. The molecule has 1 aliphatic heterocycles. The Morgan fingerprint density at radius 3 is 2.86 bits per heavy atom. The molecule has 1 N–H and O–H groups in total. The maximum atomic E-state index is 13.5. The van der Waals surface area contributed by atoms with Gasteiger partial charge in [-0.15, -0.1) is 0 Å². The molecule has 2 atom stereocenters. The maximum Gasteiger partial charge on any atom is 0.311 e. The Bertz CT molecular complexity index is 565. The largest absolute Gasteiger partial charge is 0.481 e. The summed E-state index contributed by atoms with van der Waals surface area (Å²) in [5.41, 5.74) is -0.182. The van der Waals surface area contributed by atoms with E-state index < -0.39 is 28.7 Å². The van der Waals surface area contributed by atoms with Gasteiger partial charge in [-0.05, 0) is 13.0 Å². The molecule has 2 rings (SSSR count). The highest BCUT2D eigenvalue weighted by molar-refractivity contribution is 5.73. The molecule has 7 nitrogen and oxygen atoms in total.